The summed E-state index contributed by atoms with van der Waals surface area (Å²) < 4.78 is 6.26. The van der Waals surface area contributed by atoms with Crippen LogP contribution in [-0.4, -0.2) is 33.6 Å². The molecule has 4 heterocycles. The Morgan fingerprint density at radius 1 is 0.489 bits per heavy atom. The van der Waals surface area contributed by atoms with Gasteiger partial charge in [-0.3, -0.25) is 4.98 Å². The average molecular weight is 765 g/mol. The molecule has 45 heavy (non-hydrogen) atoms. The first-order valence-corrected chi connectivity index (χ1v) is 14.0. The second-order valence-electron chi connectivity index (χ2n) is 10.1. The first-order chi connectivity index (χ1) is 21.6. The normalized spacial score (nSPS) is 10.5. The Hall–Kier alpha value is -5.42. The maximum absolute atomic E-state index is 6.25. The summed E-state index contributed by atoms with van der Waals surface area (Å²) in [5, 5.41) is 6.25. The average Bonchev–Trinajstić information content (AvgIpc) is 3.74. The molecular formula is C36H28IrN8-2. The van der Waals surface area contributed by atoms with E-state index in [4.69, 9.17) is 26.8 Å². The van der Waals surface area contributed by atoms with Crippen LogP contribution in [0.15, 0.2) is 115 Å². The van der Waals surface area contributed by atoms with Gasteiger partial charge >= 0.3 is 0 Å². The second kappa shape index (κ2) is 13.5. The summed E-state index contributed by atoms with van der Waals surface area (Å²) in [5.41, 5.74) is 9.02. The summed E-state index contributed by atoms with van der Waals surface area (Å²) in [6.45, 7) is 4.75. The molecule has 0 aliphatic carbocycles. The van der Waals surface area contributed by atoms with Gasteiger partial charge in [-0.25, -0.2) is 15.0 Å². The Morgan fingerprint density at radius 2 is 0.889 bits per heavy atom. The SMILES string of the molecule is Cn1c(-c2[c-]cccc2)nc2ccccc21.Cn1c(-c2cccc(-c3nc4ccccc4n3C)n2)nc2ccccc21.[C-]#N.[Ir]. The van der Waals surface area contributed by atoms with Crippen LogP contribution in [0.4, 0.5) is 0 Å². The molecule has 4 aromatic heterocycles. The van der Waals surface area contributed by atoms with Crippen molar-refractivity contribution in [2.24, 2.45) is 21.1 Å². The monoisotopic (exact) mass is 765 g/mol. The van der Waals surface area contributed by atoms with Crippen LogP contribution in [0.5, 0.6) is 0 Å². The zero-order valence-electron chi connectivity index (χ0n) is 24.9. The van der Waals surface area contributed by atoms with Gasteiger partial charge in [-0.15, -0.1) is 35.9 Å². The third-order valence-corrected chi connectivity index (χ3v) is 7.52. The van der Waals surface area contributed by atoms with Gasteiger partial charge in [-0.1, -0.05) is 42.5 Å². The van der Waals surface area contributed by atoms with Crippen LogP contribution < -0.4 is 0 Å². The summed E-state index contributed by atoms with van der Waals surface area (Å²) in [7, 11) is 6.08. The third kappa shape index (κ3) is 5.89. The van der Waals surface area contributed by atoms with Crippen molar-refractivity contribution in [1.29, 1.82) is 5.26 Å². The molecule has 9 heteroatoms. The number of fused-ring (bicyclic) bond motifs is 3. The molecule has 8 nitrogen and oxygen atoms in total. The van der Waals surface area contributed by atoms with E-state index in [9.17, 15) is 0 Å². The van der Waals surface area contributed by atoms with Crippen LogP contribution in [0.1, 0.15) is 0 Å². The maximum Gasteiger partial charge on any atom is 0.159 e. The van der Waals surface area contributed by atoms with Gasteiger partial charge in [-0.05, 0) is 48.5 Å². The van der Waals surface area contributed by atoms with Crippen molar-refractivity contribution < 1.29 is 20.1 Å². The van der Waals surface area contributed by atoms with Crippen molar-refractivity contribution in [2.45, 2.75) is 0 Å². The molecule has 0 atom stereocenters. The van der Waals surface area contributed by atoms with Crippen LogP contribution in [-0.2, 0) is 41.2 Å². The minimum Gasteiger partial charge on any atom is -0.512 e. The minimum absolute atomic E-state index is 0. The van der Waals surface area contributed by atoms with E-state index in [2.05, 4.69) is 43.0 Å². The molecule has 0 saturated heterocycles. The number of para-hydroxylation sites is 6. The molecule has 8 aromatic rings. The first-order valence-electron chi connectivity index (χ1n) is 14.0. The Morgan fingerprint density at radius 3 is 1.31 bits per heavy atom. The molecular weight excluding hydrogens is 737 g/mol. The van der Waals surface area contributed by atoms with E-state index in [-0.39, 0.29) is 20.1 Å². The van der Waals surface area contributed by atoms with Crippen molar-refractivity contribution in [3.63, 3.8) is 0 Å². The van der Waals surface area contributed by atoms with E-state index in [0.29, 0.717) is 0 Å². The summed E-state index contributed by atoms with van der Waals surface area (Å²) >= 11 is 0. The smallest absolute Gasteiger partial charge is 0.159 e. The van der Waals surface area contributed by atoms with E-state index in [0.717, 1.165) is 67.5 Å². The Bertz CT molecular complexity index is 2150. The number of nitrogens with zero attached hydrogens (tertiary/aromatic N) is 8. The van der Waals surface area contributed by atoms with Crippen LogP contribution in [0.3, 0.4) is 0 Å². The summed E-state index contributed by atoms with van der Waals surface area (Å²) in [6.07, 6.45) is 0. The number of aryl methyl sites for hydroxylation is 3. The van der Waals surface area contributed by atoms with Crippen molar-refractivity contribution in [3.8, 4) is 34.4 Å². The molecule has 1 radical (unpaired) electrons. The number of rotatable bonds is 3. The fraction of sp³-hybridized carbons (Fsp3) is 0.0833. The van der Waals surface area contributed by atoms with Gasteiger partial charge < -0.3 is 25.5 Å². The van der Waals surface area contributed by atoms with E-state index >= 15 is 0 Å². The minimum atomic E-state index is 0. The fourth-order valence-electron chi connectivity index (χ4n) is 5.35. The number of benzene rings is 4. The van der Waals surface area contributed by atoms with Crippen molar-refractivity contribution in [2.75, 3.05) is 0 Å². The molecule has 0 spiro atoms. The quantitative estimate of drug-likeness (QED) is 0.176. The van der Waals surface area contributed by atoms with Gasteiger partial charge in [0.05, 0.1) is 38.9 Å². The number of pyridine rings is 1. The van der Waals surface area contributed by atoms with Gasteiger partial charge in [0.25, 0.3) is 0 Å². The van der Waals surface area contributed by atoms with Gasteiger partial charge in [0.2, 0.25) is 0 Å². The molecule has 8 rings (SSSR count). The van der Waals surface area contributed by atoms with Crippen LogP contribution in [0.2, 0.25) is 0 Å². The predicted octanol–water partition coefficient (Wildman–Crippen LogP) is 7.32. The van der Waals surface area contributed by atoms with Gasteiger partial charge in [0, 0.05) is 41.2 Å². The zero-order valence-corrected chi connectivity index (χ0v) is 27.3. The molecule has 0 aliphatic rings. The van der Waals surface area contributed by atoms with Gasteiger partial charge in [0.1, 0.15) is 11.4 Å². The summed E-state index contributed by atoms with van der Waals surface area (Å²) in [5.74, 6) is 2.67. The maximum atomic E-state index is 6.25. The topological polar surface area (TPSA) is 90.1 Å². The van der Waals surface area contributed by atoms with Crippen molar-refractivity contribution in [3.05, 3.63) is 128 Å². The number of aromatic nitrogens is 7. The molecule has 0 aliphatic heterocycles. The summed E-state index contributed by atoms with van der Waals surface area (Å²) in [6, 6.07) is 41.5. The molecule has 4 aromatic carbocycles. The first kappa shape index (κ1) is 31.0. The van der Waals surface area contributed by atoms with E-state index in [1.165, 1.54) is 0 Å². The molecule has 0 amide bonds. The molecule has 0 fully saturated rings. The van der Waals surface area contributed by atoms with Gasteiger partial charge in [0.15, 0.2) is 11.6 Å². The van der Waals surface area contributed by atoms with Crippen LogP contribution in [0.25, 0.3) is 67.5 Å². The molecule has 0 saturated carbocycles. The fourth-order valence-corrected chi connectivity index (χ4v) is 5.35. The zero-order chi connectivity index (χ0) is 30.6. The van der Waals surface area contributed by atoms with Crippen LogP contribution >= 0.6 is 0 Å². The molecule has 0 bridgehead atoms. The Balaban J connectivity index is 0.000000182. The summed E-state index contributed by atoms with van der Waals surface area (Å²) in [4.78, 5) is 19.0. The second-order valence-corrected chi connectivity index (χ2v) is 10.1. The number of imidazole rings is 3. The third-order valence-electron chi connectivity index (χ3n) is 7.52. The van der Waals surface area contributed by atoms with E-state index < -0.39 is 0 Å². The van der Waals surface area contributed by atoms with Crippen molar-refractivity contribution in [1.82, 2.24) is 33.6 Å². The van der Waals surface area contributed by atoms with Crippen molar-refractivity contribution >= 4 is 33.1 Å². The molecule has 223 valence electrons. The number of hydrogen-bond acceptors (Lipinski definition) is 5. The standard InChI is InChI=1S/C21H17N5.C14H11N2.CN.Ir/c1-25-18-12-5-3-8-14(18)23-20(25)16-10-7-11-17(22-16)21-24-15-9-4-6-13-19(15)26(21)2;1-16-13-10-6-5-9-12(13)15-14(16)11-7-3-2-4-8-11;1-2;/h3-13H,1-2H3;2-7,9-10H,1H3;;/q;2*-1;. The number of hydrogen-bond donors (Lipinski definition) is 0. The van der Waals surface area contributed by atoms with Gasteiger partial charge in [-0.2, -0.15) is 0 Å². The van der Waals surface area contributed by atoms with E-state index in [1.54, 1.807) is 0 Å². The largest absolute Gasteiger partial charge is 0.512 e. The molecule has 0 N–H and O–H groups in total. The Kier molecular flexibility index (Phi) is 9.29. The Labute approximate surface area is 274 Å². The predicted molar refractivity (Wildman–Crippen MR) is 174 cm³/mol. The molecule has 0 unspecified atom stereocenters. The van der Waals surface area contributed by atoms with Crippen LogP contribution in [0, 0.1) is 17.9 Å². The van der Waals surface area contributed by atoms with E-state index in [1.807, 2.05) is 118 Å².